The average Bonchev–Trinajstić information content (AvgIpc) is 2.53. The normalized spacial score (nSPS) is 11.2. The lowest BCUT2D eigenvalue weighted by Gasteiger charge is -2.09. The lowest BCUT2D eigenvalue weighted by atomic mass is 10.1. The van der Waals surface area contributed by atoms with Crippen LogP contribution in [0.5, 0.6) is 0 Å². The molecule has 0 aliphatic carbocycles. The number of nitrogens with one attached hydrogen (secondary N) is 2. The molecule has 0 aliphatic rings. The van der Waals surface area contributed by atoms with E-state index in [-0.39, 0.29) is 28.8 Å². The van der Waals surface area contributed by atoms with Crippen molar-refractivity contribution < 1.29 is 13.2 Å². The van der Waals surface area contributed by atoms with Crippen molar-refractivity contribution >= 4 is 27.5 Å². The zero-order chi connectivity index (χ0) is 17.6. The van der Waals surface area contributed by atoms with Crippen LogP contribution in [0.25, 0.3) is 0 Å². The fraction of sp³-hybridized carbons (Fsp3) is 0.235. The highest BCUT2D eigenvalue weighted by atomic mass is 35.5. The molecule has 0 saturated heterocycles. The molecular weight excluding hydrogens is 348 g/mol. The monoisotopic (exact) mass is 366 g/mol. The Labute approximate surface area is 147 Å². The van der Waals surface area contributed by atoms with Crippen LogP contribution in [-0.2, 0) is 21.4 Å². The van der Waals surface area contributed by atoms with E-state index in [2.05, 4.69) is 10.0 Å². The van der Waals surface area contributed by atoms with E-state index >= 15 is 0 Å². The molecule has 24 heavy (non-hydrogen) atoms. The largest absolute Gasteiger partial charge is 0.352 e. The van der Waals surface area contributed by atoms with E-state index in [1.165, 1.54) is 12.1 Å². The van der Waals surface area contributed by atoms with E-state index in [0.717, 1.165) is 11.1 Å². The van der Waals surface area contributed by atoms with Crippen LogP contribution in [0, 0.1) is 6.92 Å². The van der Waals surface area contributed by atoms with Crippen molar-refractivity contribution in [1.82, 2.24) is 10.0 Å². The Morgan fingerprint density at radius 3 is 2.58 bits per heavy atom. The maximum absolute atomic E-state index is 12.1. The van der Waals surface area contributed by atoms with E-state index in [0.29, 0.717) is 6.54 Å². The van der Waals surface area contributed by atoms with Crippen molar-refractivity contribution in [2.24, 2.45) is 0 Å². The third-order valence-corrected chi connectivity index (χ3v) is 5.30. The SMILES string of the molecule is Cc1cccc(CNC(=O)CCNS(=O)(=O)c2ccccc2Cl)c1. The van der Waals surface area contributed by atoms with Crippen molar-refractivity contribution in [1.29, 1.82) is 0 Å². The Balaban J connectivity index is 1.81. The van der Waals surface area contributed by atoms with E-state index in [9.17, 15) is 13.2 Å². The molecular formula is C17H19ClN2O3S. The van der Waals surface area contributed by atoms with Gasteiger partial charge < -0.3 is 5.32 Å². The molecule has 7 heteroatoms. The lowest BCUT2D eigenvalue weighted by molar-refractivity contribution is -0.121. The maximum atomic E-state index is 12.1. The third kappa shape index (κ3) is 5.33. The number of carbonyl (C=O) groups is 1. The number of halogens is 1. The zero-order valence-electron chi connectivity index (χ0n) is 13.3. The van der Waals surface area contributed by atoms with Crippen LogP contribution in [0.1, 0.15) is 17.5 Å². The molecule has 5 nitrogen and oxygen atoms in total. The van der Waals surface area contributed by atoms with Gasteiger partial charge in [-0.15, -0.1) is 0 Å². The summed E-state index contributed by atoms with van der Waals surface area (Å²) < 4.78 is 26.6. The van der Waals surface area contributed by atoms with Crippen molar-refractivity contribution in [3.63, 3.8) is 0 Å². The van der Waals surface area contributed by atoms with Crippen LogP contribution >= 0.6 is 11.6 Å². The Hall–Kier alpha value is -1.89. The van der Waals surface area contributed by atoms with Gasteiger partial charge in [-0.05, 0) is 24.6 Å². The average molecular weight is 367 g/mol. The summed E-state index contributed by atoms with van der Waals surface area (Å²) in [5, 5.41) is 2.91. The second kappa shape index (κ2) is 8.28. The van der Waals surface area contributed by atoms with Crippen molar-refractivity contribution in [2.45, 2.75) is 24.8 Å². The highest BCUT2D eigenvalue weighted by molar-refractivity contribution is 7.89. The first-order valence-electron chi connectivity index (χ1n) is 7.45. The molecule has 2 aromatic rings. The number of amides is 1. The van der Waals surface area contributed by atoms with Crippen molar-refractivity contribution in [3.8, 4) is 0 Å². The van der Waals surface area contributed by atoms with Gasteiger partial charge in [0.1, 0.15) is 4.90 Å². The molecule has 128 valence electrons. The minimum absolute atomic E-state index is 0.00633. The molecule has 0 saturated carbocycles. The maximum Gasteiger partial charge on any atom is 0.242 e. The molecule has 0 aliphatic heterocycles. The van der Waals surface area contributed by atoms with Crippen LogP contribution in [0.4, 0.5) is 0 Å². The molecule has 2 N–H and O–H groups in total. The second-order valence-electron chi connectivity index (χ2n) is 5.34. The minimum Gasteiger partial charge on any atom is -0.352 e. The van der Waals surface area contributed by atoms with Crippen LogP contribution < -0.4 is 10.0 Å². The fourth-order valence-electron chi connectivity index (χ4n) is 2.15. The summed E-state index contributed by atoms with van der Waals surface area (Å²) in [4.78, 5) is 11.8. The molecule has 0 bridgehead atoms. The molecule has 0 aromatic heterocycles. The Kier molecular flexibility index (Phi) is 6.36. The van der Waals surface area contributed by atoms with Crippen LogP contribution in [-0.4, -0.2) is 20.9 Å². The second-order valence-corrected chi connectivity index (χ2v) is 7.49. The summed E-state index contributed by atoms with van der Waals surface area (Å²) in [6.45, 7) is 2.40. The van der Waals surface area contributed by atoms with Crippen molar-refractivity contribution in [2.75, 3.05) is 6.54 Å². The number of sulfonamides is 1. The first-order valence-corrected chi connectivity index (χ1v) is 9.31. The van der Waals surface area contributed by atoms with Gasteiger partial charge in [0.05, 0.1) is 5.02 Å². The first kappa shape index (κ1) is 18.4. The van der Waals surface area contributed by atoms with Gasteiger partial charge in [-0.2, -0.15) is 0 Å². The van der Waals surface area contributed by atoms with E-state index < -0.39 is 10.0 Å². The van der Waals surface area contributed by atoms with Crippen molar-refractivity contribution in [3.05, 3.63) is 64.7 Å². The number of rotatable bonds is 7. The standard InChI is InChI=1S/C17H19ClN2O3S/c1-13-5-4-6-14(11-13)12-19-17(21)9-10-20-24(22,23)16-8-3-2-7-15(16)18/h2-8,11,20H,9-10,12H2,1H3,(H,19,21). The predicted octanol–water partition coefficient (Wildman–Crippen LogP) is 2.63. The van der Waals surface area contributed by atoms with E-state index in [1.807, 2.05) is 31.2 Å². The predicted molar refractivity (Wildman–Crippen MR) is 94.3 cm³/mol. The Bertz CT molecular complexity index is 822. The van der Waals surface area contributed by atoms with Gasteiger partial charge in [0, 0.05) is 19.5 Å². The molecule has 0 spiro atoms. The zero-order valence-corrected chi connectivity index (χ0v) is 14.8. The topological polar surface area (TPSA) is 75.3 Å². The highest BCUT2D eigenvalue weighted by Crippen LogP contribution is 2.19. The minimum atomic E-state index is -3.72. The van der Waals surface area contributed by atoms with Crippen LogP contribution in [0.3, 0.4) is 0 Å². The van der Waals surface area contributed by atoms with Gasteiger partial charge in [0.25, 0.3) is 0 Å². The number of hydrogen-bond donors (Lipinski definition) is 2. The summed E-state index contributed by atoms with van der Waals surface area (Å²) in [6.07, 6.45) is 0.0511. The lowest BCUT2D eigenvalue weighted by Crippen LogP contribution is -2.30. The number of hydrogen-bond acceptors (Lipinski definition) is 3. The summed E-state index contributed by atoms with van der Waals surface area (Å²) in [5.74, 6) is -0.224. The number of benzene rings is 2. The third-order valence-electron chi connectivity index (χ3n) is 3.34. The quantitative estimate of drug-likeness (QED) is 0.791. The molecule has 0 unspecified atom stereocenters. The highest BCUT2D eigenvalue weighted by Gasteiger charge is 2.17. The molecule has 0 heterocycles. The van der Waals surface area contributed by atoms with Gasteiger partial charge in [0.15, 0.2) is 0 Å². The number of aryl methyl sites for hydroxylation is 1. The van der Waals surface area contributed by atoms with E-state index in [4.69, 9.17) is 11.6 Å². The summed E-state index contributed by atoms with van der Waals surface area (Å²) in [7, 11) is -3.72. The van der Waals surface area contributed by atoms with Crippen LogP contribution in [0.2, 0.25) is 5.02 Å². The first-order chi connectivity index (χ1) is 11.4. The summed E-state index contributed by atoms with van der Waals surface area (Å²) >= 11 is 5.88. The van der Waals surface area contributed by atoms with Gasteiger partial charge in [-0.1, -0.05) is 53.6 Å². The molecule has 0 atom stereocenters. The smallest absolute Gasteiger partial charge is 0.242 e. The van der Waals surface area contributed by atoms with Gasteiger partial charge >= 0.3 is 0 Å². The fourth-order valence-corrected chi connectivity index (χ4v) is 3.70. The van der Waals surface area contributed by atoms with Crippen LogP contribution in [0.15, 0.2) is 53.4 Å². The molecule has 1 amide bonds. The van der Waals surface area contributed by atoms with Gasteiger partial charge in [-0.3, -0.25) is 4.79 Å². The summed E-state index contributed by atoms with van der Waals surface area (Å²) in [6, 6.07) is 14.0. The Morgan fingerprint density at radius 2 is 1.88 bits per heavy atom. The molecule has 0 radical (unpaired) electrons. The summed E-state index contributed by atoms with van der Waals surface area (Å²) in [5.41, 5.74) is 2.12. The molecule has 0 fully saturated rings. The van der Waals surface area contributed by atoms with E-state index in [1.54, 1.807) is 12.1 Å². The molecule has 2 aromatic carbocycles. The van der Waals surface area contributed by atoms with Gasteiger partial charge in [0.2, 0.25) is 15.9 Å². The van der Waals surface area contributed by atoms with Gasteiger partial charge in [-0.25, -0.2) is 13.1 Å². The molecule has 2 rings (SSSR count). The Morgan fingerprint density at radius 1 is 1.12 bits per heavy atom. The number of carbonyl (C=O) groups excluding carboxylic acids is 1.